The maximum atomic E-state index is 11.0. The fourth-order valence-electron chi connectivity index (χ4n) is 1.08. The van der Waals surface area contributed by atoms with Crippen LogP contribution in [0.2, 0.25) is 0 Å². The molecule has 0 amide bonds. The van der Waals surface area contributed by atoms with Crippen molar-refractivity contribution in [2.75, 3.05) is 0 Å². The van der Waals surface area contributed by atoms with E-state index in [1.165, 1.54) is 12.1 Å². The number of hydrogen-bond donors (Lipinski definition) is 0. The molecule has 0 aliphatic heterocycles. The maximum absolute atomic E-state index is 11.0. The maximum Gasteiger partial charge on any atom is 0.253 e. The third kappa shape index (κ3) is 3.18. The summed E-state index contributed by atoms with van der Waals surface area (Å²) in [4.78, 5) is 21.9. The zero-order valence-corrected chi connectivity index (χ0v) is 9.57. The van der Waals surface area contributed by atoms with E-state index in [4.69, 9.17) is 35.1 Å². The SMILES string of the molecule is O=C(Cl)c1ccc(COCl)cc1C(=O)Cl. The average molecular weight is 267 g/mol. The first-order valence-corrected chi connectivity index (χ1v) is 4.89. The van der Waals surface area contributed by atoms with Crippen molar-refractivity contribution >= 4 is 45.6 Å². The molecule has 0 N–H and O–H groups in total. The first-order valence-electron chi connectivity index (χ1n) is 3.82. The fourth-order valence-corrected chi connectivity index (χ4v) is 1.53. The highest BCUT2D eigenvalue weighted by Gasteiger charge is 2.14. The number of carbonyl (C=O) groups is 2. The largest absolute Gasteiger partial charge is 0.276 e. The van der Waals surface area contributed by atoms with Crippen LogP contribution in [0.15, 0.2) is 18.2 Å². The number of hydrogen-bond acceptors (Lipinski definition) is 3. The highest BCUT2D eigenvalue weighted by molar-refractivity contribution is 6.71. The first kappa shape index (κ1) is 12.5. The summed E-state index contributed by atoms with van der Waals surface area (Å²) in [6, 6.07) is 4.38. The molecule has 0 aromatic heterocycles. The molecule has 80 valence electrons. The molecule has 0 bridgehead atoms. The number of rotatable bonds is 4. The van der Waals surface area contributed by atoms with Gasteiger partial charge < -0.3 is 0 Å². The second-order valence-electron chi connectivity index (χ2n) is 2.68. The lowest BCUT2D eigenvalue weighted by atomic mass is 10.1. The Morgan fingerprint density at radius 2 is 1.73 bits per heavy atom. The quantitative estimate of drug-likeness (QED) is 0.787. The van der Waals surface area contributed by atoms with Crippen molar-refractivity contribution < 1.29 is 13.9 Å². The van der Waals surface area contributed by atoms with E-state index in [0.29, 0.717) is 5.56 Å². The van der Waals surface area contributed by atoms with Crippen LogP contribution in [0.1, 0.15) is 26.3 Å². The van der Waals surface area contributed by atoms with Gasteiger partial charge in [-0.3, -0.25) is 13.9 Å². The second-order valence-corrected chi connectivity index (χ2v) is 3.59. The summed E-state index contributed by atoms with van der Waals surface area (Å²) in [5.41, 5.74) is 0.730. The molecule has 0 spiro atoms. The standard InChI is InChI=1S/C9H5Cl3O3/c10-8(13)6-2-1-5(4-15-12)3-7(6)9(11)14/h1-3H,4H2. The molecule has 3 nitrogen and oxygen atoms in total. The van der Waals surface area contributed by atoms with Crippen molar-refractivity contribution in [3.8, 4) is 0 Å². The molecule has 0 saturated carbocycles. The van der Waals surface area contributed by atoms with Crippen LogP contribution < -0.4 is 0 Å². The molecule has 6 heteroatoms. The van der Waals surface area contributed by atoms with Crippen molar-refractivity contribution in [1.82, 2.24) is 0 Å². The van der Waals surface area contributed by atoms with E-state index >= 15 is 0 Å². The molecule has 0 atom stereocenters. The van der Waals surface area contributed by atoms with Gasteiger partial charge in [0.05, 0.1) is 18.5 Å². The Hall–Kier alpha value is -0.610. The molecule has 0 unspecified atom stereocenters. The van der Waals surface area contributed by atoms with E-state index in [1.807, 2.05) is 0 Å². The van der Waals surface area contributed by atoms with E-state index in [2.05, 4.69) is 4.29 Å². The van der Waals surface area contributed by atoms with Gasteiger partial charge in [0, 0.05) is 11.1 Å². The lowest BCUT2D eigenvalue weighted by molar-refractivity contribution is 0.105. The summed E-state index contributed by atoms with van der Waals surface area (Å²) in [6.07, 6.45) is 0. The van der Waals surface area contributed by atoms with Crippen molar-refractivity contribution in [3.63, 3.8) is 0 Å². The summed E-state index contributed by atoms with van der Waals surface area (Å²) in [5, 5.41) is -1.49. The van der Waals surface area contributed by atoms with Crippen LogP contribution in [-0.4, -0.2) is 10.5 Å². The van der Waals surface area contributed by atoms with Gasteiger partial charge in [-0.25, -0.2) is 0 Å². The van der Waals surface area contributed by atoms with Crippen molar-refractivity contribution in [2.24, 2.45) is 0 Å². The van der Waals surface area contributed by atoms with Crippen LogP contribution >= 0.6 is 35.1 Å². The predicted octanol–water partition coefficient (Wildman–Crippen LogP) is 3.12. The predicted molar refractivity (Wildman–Crippen MR) is 57.5 cm³/mol. The van der Waals surface area contributed by atoms with E-state index in [1.54, 1.807) is 6.07 Å². The second kappa shape index (κ2) is 5.47. The lowest BCUT2D eigenvalue weighted by Crippen LogP contribution is -2.02. The molecule has 0 aliphatic rings. The fraction of sp³-hybridized carbons (Fsp3) is 0.111. The highest BCUT2D eigenvalue weighted by atomic mass is 35.5. The van der Waals surface area contributed by atoms with Gasteiger partial charge in [-0.15, -0.1) is 0 Å². The molecule has 1 aromatic carbocycles. The van der Waals surface area contributed by atoms with Gasteiger partial charge in [-0.05, 0) is 40.9 Å². The van der Waals surface area contributed by atoms with Crippen LogP contribution in [0.5, 0.6) is 0 Å². The molecule has 0 aliphatic carbocycles. The Balaban J connectivity index is 3.21. The van der Waals surface area contributed by atoms with Gasteiger partial charge in [-0.2, -0.15) is 0 Å². The monoisotopic (exact) mass is 266 g/mol. The minimum Gasteiger partial charge on any atom is -0.276 e. The molecule has 0 fully saturated rings. The van der Waals surface area contributed by atoms with Crippen molar-refractivity contribution in [2.45, 2.75) is 6.61 Å². The first-order chi connectivity index (χ1) is 7.06. The van der Waals surface area contributed by atoms with Gasteiger partial charge in [0.25, 0.3) is 10.5 Å². The van der Waals surface area contributed by atoms with E-state index < -0.39 is 10.5 Å². The normalized spacial score (nSPS) is 10.1. The number of benzene rings is 1. The smallest absolute Gasteiger partial charge is 0.253 e. The molecule has 15 heavy (non-hydrogen) atoms. The molecule has 0 heterocycles. The van der Waals surface area contributed by atoms with Crippen LogP contribution in [0.3, 0.4) is 0 Å². The number of halogens is 3. The summed E-state index contributed by atoms with van der Waals surface area (Å²) >= 11 is 15.6. The topological polar surface area (TPSA) is 43.4 Å². The Morgan fingerprint density at radius 1 is 1.13 bits per heavy atom. The van der Waals surface area contributed by atoms with Crippen LogP contribution in [0.25, 0.3) is 0 Å². The van der Waals surface area contributed by atoms with Crippen LogP contribution in [0, 0.1) is 0 Å². The summed E-state index contributed by atoms with van der Waals surface area (Å²) in [7, 11) is 0. The molecular formula is C9H5Cl3O3. The van der Waals surface area contributed by atoms with Crippen molar-refractivity contribution in [1.29, 1.82) is 0 Å². The van der Waals surface area contributed by atoms with Gasteiger partial charge in [0.2, 0.25) is 0 Å². The minimum absolute atomic E-state index is 0.0443. The minimum atomic E-state index is -0.754. The molecule has 1 aromatic rings. The van der Waals surface area contributed by atoms with Crippen LogP contribution in [0.4, 0.5) is 0 Å². The Morgan fingerprint density at radius 3 is 2.20 bits per heavy atom. The molecular weight excluding hydrogens is 262 g/mol. The zero-order chi connectivity index (χ0) is 11.4. The lowest BCUT2D eigenvalue weighted by Gasteiger charge is -2.04. The molecule has 0 radical (unpaired) electrons. The van der Waals surface area contributed by atoms with Gasteiger partial charge in [0.1, 0.15) is 0 Å². The van der Waals surface area contributed by atoms with Crippen molar-refractivity contribution in [3.05, 3.63) is 34.9 Å². The Labute approximate surface area is 101 Å². The molecule has 1 rings (SSSR count). The van der Waals surface area contributed by atoms with Gasteiger partial charge >= 0.3 is 0 Å². The van der Waals surface area contributed by atoms with Crippen LogP contribution in [-0.2, 0) is 10.9 Å². The average Bonchev–Trinajstić information content (AvgIpc) is 2.17. The summed E-state index contributed by atoms with van der Waals surface area (Å²) in [5.74, 6) is 0. The highest BCUT2D eigenvalue weighted by Crippen LogP contribution is 2.17. The van der Waals surface area contributed by atoms with E-state index in [0.717, 1.165) is 0 Å². The summed E-state index contributed by atoms with van der Waals surface area (Å²) < 4.78 is 4.36. The summed E-state index contributed by atoms with van der Waals surface area (Å²) in [6.45, 7) is 0.107. The third-order valence-electron chi connectivity index (χ3n) is 1.73. The zero-order valence-electron chi connectivity index (χ0n) is 7.30. The number of carbonyl (C=O) groups excluding carboxylic acids is 2. The van der Waals surface area contributed by atoms with Gasteiger partial charge in [0.15, 0.2) is 0 Å². The Kier molecular flexibility index (Phi) is 4.54. The van der Waals surface area contributed by atoms with E-state index in [9.17, 15) is 9.59 Å². The van der Waals surface area contributed by atoms with E-state index in [-0.39, 0.29) is 17.7 Å². The Bertz CT molecular complexity index is 404. The third-order valence-corrected chi connectivity index (χ3v) is 2.25. The molecule has 0 saturated heterocycles. The van der Waals surface area contributed by atoms with Gasteiger partial charge in [-0.1, -0.05) is 6.07 Å².